The van der Waals surface area contributed by atoms with Gasteiger partial charge in [0.2, 0.25) is 5.91 Å². The van der Waals surface area contributed by atoms with E-state index in [4.69, 9.17) is 5.73 Å². The highest BCUT2D eigenvalue weighted by Crippen LogP contribution is 2.27. The van der Waals surface area contributed by atoms with Gasteiger partial charge in [0.05, 0.1) is 6.04 Å². The van der Waals surface area contributed by atoms with Gasteiger partial charge >= 0.3 is 0 Å². The van der Waals surface area contributed by atoms with Crippen LogP contribution in [0, 0.1) is 5.92 Å². The minimum atomic E-state index is 0.0445. The first-order valence-electron chi connectivity index (χ1n) is 8.35. The number of hydrogen-bond acceptors (Lipinski definition) is 3. The molecule has 23 heavy (non-hydrogen) atoms. The van der Waals surface area contributed by atoms with Crippen LogP contribution in [0.2, 0.25) is 0 Å². The topological polar surface area (TPSA) is 55.1 Å². The van der Waals surface area contributed by atoms with Crippen molar-refractivity contribution in [1.29, 1.82) is 0 Å². The summed E-state index contributed by atoms with van der Waals surface area (Å²) in [6.45, 7) is 0. The highest BCUT2D eigenvalue weighted by molar-refractivity contribution is 7.10. The van der Waals surface area contributed by atoms with E-state index < -0.39 is 0 Å². The predicted octanol–water partition coefficient (Wildman–Crippen LogP) is 3.67. The Balaban J connectivity index is 1.70. The van der Waals surface area contributed by atoms with Crippen LogP contribution in [0.15, 0.2) is 47.8 Å². The average Bonchev–Trinajstić information content (AvgIpc) is 3.09. The van der Waals surface area contributed by atoms with Crippen LogP contribution >= 0.6 is 11.3 Å². The minimum Gasteiger partial charge on any atom is -0.348 e. The van der Waals surface area contributed by atoms with Gasteiger partial charge in [-0.25, -0.2) is 0 Å². The van der Waals surface area contributed by atoms with Crippen LogP contribution < -0.4 is 11.1 Å². The molecule has 1 aromatic heterocycles. The predicted molar refractivity (Wildman–Crippen MR) is 95.3 cm³/mol. The first-order valence-corrected chi connectivity index (χ1v) is 9.23. The lowest BCUT2D eigenvalue weighted by Gasteiger charge is -2.27. The Hall–Kier alpha value is -1.65. The number of nitrogens with two attached hydrogens (primary N) is 1. The van der Waals surface area contributed by atoms with Crippen molar-refractivity contribution in [3.63, 3.8) is 0 Å². The summed E-state index contributed by atoms with van der Waals surface area (Å²) in [4.78, 5) is 13.9. The summed E-state index contributed by atoms with van der Waals surface area (Å²) in [6, 6.07) is 14.7. The number of nitrogens with one attached hydrogen (secondary N) is 1. The number of carbonyl (C=O) groups is 1. The van der Waals surface area contributed by atoms with E-state index in [-0.39, 0.29) is 23.9 Å². The second kappa shape index (κ2) is 7.75. The maximum atomic E-state index is 12.7. The Morgan fingerprint density at radius 2 is 2.04 bits per heavy atom. The second-order valence-corrected chi connectivity index (χ2v) is 7.37. The van der Waals surface area contributed by atoms with E-state index in [0.717, 1.165) is 32.1 Å². The van der Waals surface area contributed by atoms with Crippen molar-refractivity contribution < 1.29 is 4.79 Å². The largest absolute Gasteiger partial charge is 0.348 e. The van der Waals surface area contributed by atoms with Gasteiger partial charge in [-0.05, 0) is 42.7 Å². The summed E-state index contributed by atoms with van der Waals surface area (Å²) in [7, 11) is 0. The molecule has 2 aromatic rings. The van der Waals surface area contributed by atoms with E-state index in [9.17, 15) is 4.79 Å². The lowest BCUT2D eigenvalue weighted by atomic mass is 9.85. The molecule has 1 heterocycles. The molecule has 3 N–H and O–H groups in total. The molecule has 4 heteroatoms. The van der Waals surface area contributed by atoms with E-state index in [0.29, 0.717) is 0 Å². The molecule has 3 atom stereocenters. The summed E-state index contributed by atoms with van der Waals surface area (Å²) in [5.74, 6) is 0.228. The standard InChI is InChI=1S/C19H24N2OS/c20-16-9-4-8-15(13-16)19(22)21-17(18-10-5-11-23-18)12-14-6-2-1-3-7-14/h1-3,5-7,10-11,15-17H,4,8-9,12-13,20H2,(H,21,22). The first-order chi connectivity index (χ1) is 11.2. The zero-order chi connectivity index (χ0) is 16.1. The van der Waals surface area contributed by atoms with Crippen molar-refractivity contribution >= 4 is 17.2 Å². The molecule has 1 aliphatic carbocycles. The van der Waals surface area contributed by atoms with Gasteiger partial charge in [-0.2, -0.15) is 0 Å². The Bertz CT molecular complexity index is 612. The molecule has 3 rings (SSSR count). The fourth-order valence-corrected chi connectivity index (χ4v) is 4.10. The highest BCUT2D eigenvalue weighted by atomic mass is 32.1. The normalized spacial score (nSPS) is 22.5. The Kier molecular flexibility index (Phi) is 5.47. The smallest absolute Gasteiger partial charge is 0.223 e. The number of carbonyl (C=O) groups excluding carboxylic acids is 1. The van der Waals surface area contributed by atoms with Crippen LogP contribution in [0.1, 0.15) is 42.2 Å². The fourth-order valence-electron chi connectivity index (χ4n) is 3.32. The summed E-state index contributed by atoms with van der Waals surface area (Å²) in [6.07, 6.45) is 4.70. The van der Waals surface area contributed by atoms with E-state index in [1.165, 1.54) is 10.4 Å². The van der Waals surface area contributed by atoms with Crippen LogP contribution in [-0.4, -0.2) is 11.9 Å². The third-order valence-corrected chi connectivity index (χ3v) is 5.56. The van der Waals surface area contributed by atoms with Crippen LogP contribution in [0.4, 0.5) is 0 Å². The van der Waals surface area contributed by atoms with E-state index >= 15 is 0 Å². The fraction of sp³-hybridized carbons (Fsp3) is 0.421. The molecule has 1 aromatic carbocycles. The van der Waals surface area contributed by atoms with Crippen molar-refractivity contribution in [3.05, 3.63) is 58.3 Å². The van der Waals surface area contributed by atoms with Crippen molar-refractivity contribution in [3.8, 4) is 0 Å². The zero-order valence-corrected chi connectivity index (χ0v) is 14.1. The molecular formula is C19H24N2OS. The molecule has 0 aliphatic heterocycles. The van der Waals surface area contributed by atoms with Gasteiger partial charge in [0, 0.05) is 16.8 Å². The summed E-state index contributed by atoms with van der Waals surface area (Å²) >= 11 is 1.70. The van der Waals surface area contributed by atoms with Gasteiger partial charge in [-0.15, -0.1) is 11.3 Å². The number of thiophene rings is 1. The molecule has 0 bridgehead atoms. The lowest BCUT2D eigenvalue weighted by molar-refractivity contribution is -0.126. The molecule has 1 aliphatic rings. The first kappa shape index (κ1) is 16.2. The average molecular weight is 328 g/mol. The molecule has 0 radical (unpaired) electrons. The van der Waals surface area contributed by atoms with Crippen LogP contribution in [0.5, 0.6) is 0 Å². The van der Waals surface area contributed by atoms with E-state index in [1.807, 2.05) is 24.3 Å². The molecule has 122 valence electrons. The second-order valence-electron chi connectivity index (χ2n) is 6.39. The van der Waals surface area contributed by atoms with E-state index in [2.05, 4.69) is 28.9 Å². The van der Waals surface area contributed by atoms with Crippen molar-refractivity contribution in [1.82, 2.24) is 5.32 Å². The molecular weight excluding hydrogens is 304 g/mol. The molecule has 1 fully saturated rings. The zero-order valence-electron chi connectivity index (χ0n) is 13.3. The monoisotopic (exact) mass is 328 g/mol. The van der Waals surface area contributed by atoms with E-state index in [1.54, 1.807) is 11.3 Å². The Morgan fingerprint density at radius 3 is 2.74 bits per heavy atom. The van der Waals surface area contributed by atoms with Crippen molar-refractivity contribution in [2.24, 2.45) is 11.7 Å². The summed E-state index contributed by atoms with van der Waals surface area (Å²) in [5, 5.41) is 5.34. The summed E-state index contributed by atoms with van der Waals surface area (Å²) in [5.41, 5.74) is 7.28. The number of amides is 1. The lowest BCUT2D eigenvalue weighted by Crippen LogP contribution is -2.39. The number of hydrogen-bond donors (Lipinski definition) is 2. The van der Waals surface area contributed by atoms with Crippen molar-refractivity contribution in [2.45, 2.75) is 44.2 Å². The maximum Gasteiger partial charge on any atom is 0.223 e. The SMILES string of the molecule is NC1CCCC(C(=O)NC(Cc2ccccc2)c2cccs2)C1. The Morgan fingerprint density at radius 1 is 1.22 bits per heavy atom. The van der Waals surface area contributed by atoms with Crippen LogP contribution in [0.3, 0.4) is 0 Å². The molecule has 0 spiro atoms. The molecule has 3 nitrogen and oxygen atoms in total. The van der Waals surface area contributed by atoms with Gasteiger partial charge in [0.25, 0.3) is 0 Å². The van der Waals surface area contributed by atoms with Gasteiger partial charge < -0.3 is 11.1 Å². The van der Waals surface area contributed by atoms with Gasteiger partial charge in [0.1, 0.15) is 0 Å². The van der Waals surface area contributed by atoms with Crippen LogP contribution in [0.25, 0.3) is 0 Å². The third-order valence-electron chi connectivity index (χ3n) is 4.57. The third kappa shape index (κ3) is 4.43. The number of benzene rings is 1. The highest BCUT2D eigenvalue weighted by Gasteiger charge is 2.27. The number of rotatable bonds is 5. The van der Waals surface area contributed by atoms with Crippen LogP contribution in [-0.2, 0) is 11.2 Å². The molecule has 1 amide bonds. The quantitative estimate of drug-likeness (QED) is 0.880. The van der Waals surface area contributed by atoms with Crippen molar-refractivity contribution in [2.75, 3.05) is 0 Å². The summed E-state index contributed by atoms with van der Waals surface area (Å²) < 4.78 is 0. The van der Waals surface area contributed by atoms with Gasteiger partial charge in [0.15, 0.2) is 0 Å². The molecule has 0 saturated heterocycles. The minimum absolute atomic E-state index is 0.0445. The Labute approximate surface area is 141 Å². The van der Waals surface area contributed by atoms with Gasteiger partial charge in [-0.3, -0.25) is 4.79 Å². The molecule has 1 saturated carbocycles. The molecule has 3 unspecified atom stereocenters. The maximum absolute atomic E-state index is 12.7. The van der Waals surface area contributed by atoms with Gasteiger partial charge in [-0.1, -0.05) is 42.8 Å².